The summed E-state index contributed by atoms with van der Waals surface area (Å²) in [6.07, 6.45) is 10.2. The largest absolute Gasteiger partial charge is 0.335 e. The van der Waals surface area contributed by atoms with Crippen molar-refractivity contribution in [1.29, 1.82) is 0 Å². The third-order valence-electron chi connectivity index (χ3n) is 5.11. The quantitative estimate of drug-likeness (QED) is 0.575. The average Bonchev–Trinajstić information content (AvgIpc) is 3.42. The SMILES string of the molecule is c1csc(Cn2ncc3[nH]c(-c4cn[nH]c4C4CCCCC4)nc32)c1. The average molecular weight is 352 g/mol. The molecule has 25 heavy (non-hydrogen) atoms. The fourth-order valence-electron chi connectivity index (χ4n) is 3.83. The van der Waals surface area contributed by atoms with Crippen LogP contribution in [0.2, 0.25) is 0 Å². The Morgan fingerprint density at radius 3 is 2.96 bits per heavy atom. The van der Waals surface area contributed by atoms with E-state index in [2.05, 4.69) is 37.8 Å². The number of rotatable bonds is 4. The first-order valence-corrected chi connectivity index (χ1v) is 9.74. The van der Waals surface area contributed by atoms with Crippen molar-refractivity contribution < 1.29 is 0 Å². The lowest BCUT2D eigenvalue weighted by Gasteiger charge is -2.21. The summed E-state index contributed by atoms with van der Waals surface area (Å²) in [5, 5.41) is 14.1. The topological polar surface area (TPSA) is 75.2 Å². The first kappa shape index (κ1) is 14.9. The Morgan fingerprint density at radius 1 is 1.20 bits per heavy atom. The van der Waals surface area contributed by atoms with Crippen LogP contribution < -0.4 is 0 Å². The van der Waals surface area contributed by atoms with E-state index in [1.807, 2.05) is 17.1 Å². The molecule has 128 valence electrons. The summed E-state index contributed by atoms with van der Waals surface area (Å²) < 4.78 is 1.96. The number of hydrogen-bond acceptors (Lipinski definition) is 4. The van der Waals surface area contributed by atoms with E-state index in [4.69, 9.17) is 4.98 Å². The Morgan fingerprint density at radius 2 is 2.12 bits per heavy atom. The second-order valence-corrected chi connectivity index (χ2v) is 7.77. The van der Waals surface area contributed by atoms with Crippen LogP contribution in [0.15, 0.2) is 29.9 Å². The molecule has 0 atom stereocenters. The van der Waals surface area contributed by atoms with Gasteiger partial charge >= 0.3 is 0 Å². The van der Waals surface area contributed by atoms with Crippen molar-refractivity contribution in [3.63, 3.8) is 0 Å². The van der Waals surface area contributed by atoms with Crippen molar-refractivity contribution in [2.45, 2.75) is 44.6 Å². The van der Waals surface area contributed by atoms with Gasteiger partial charge in [0, 0.05) is 16.5 Å². The van der Waals surface area contributed by atoms with Gasteiger partial charge in [-0.1, -0.05) is 25.3 Å². The number of H-pyrrole nitrogens is 2. The van der Waals surface area contributed by atoms with Gasteiger partial charge in [0.25, 0.3) is 0 Å². The molecule has 0 bridgehead atoms. The maximum absolute atomic E-state index is 4.84. The predicted octanol–water partition coefficient (Wildman–Crippen LogP) is 4.31. The number of aromatic amines is 2. The van der Waals surface area contributed by atoms with E-state index in [9.17, 15) is 0 Å². The number of nitrogens with one attached hydrogen (secondary N) is 2. The molecule has 0 unspecified atom stereocenters. The zero-order chi connectivity index (χ0) is 16.6. The molecular formula is C18H20N6S. The van der Waals surface area contributed by atoms with Gasteiger partial charge in [0.1, 0.15) is 11.3 Å². The highest BCUT2D eigenvalue weighted by Gasteiger charge is 2.23. The lowest BCUT2D eigenvalue weighted by molar-refractivity contribution is 0.437. The van der Waals surface area contributed by atoms with Crippen molar-refractivity contribution in [3.8, 4) is 11.4 Å². The molecule has 4 aromatic heterocycles. The lowest BCUT2D eigenvalue weighted by atomic mass is 9.85. The molecule has 0 radical (unpaired) electrons. The summed E-state index contributed by atoms with van der Waals surface area (Å²) in [6, 6.07) is 4.20. The van der Waals surface area contributed by atoms with Gasteiger partial charge < -0.3 is 4.98 Å². The van der Waals surface area contributed by atoms with Gasteiger partial charge in [0.05, 0.1) is 24.5 Å². The van der Waals surface area contributed by atoms with Crippen LogP contribution in [0.4, 0.5) is 0 Å². The molecule has 4 aromatic rings. The highest BCUT2D eigenvalue weighted by molar-refractivity contribution is 7.09. The van der Waals surface area contributed by atoms with Crippen LogP contribution in [-0.2, 0) is 6.54 Å². The zero-order valence-electron chi connectivity index (χ0n) is 13.9. The highest BCUT2D eigenvalue weighted by Crippen LogP contribution is 2.36. The smallest absolute Gasteiger partial charge is 0.177 e. The monoisotopic (exact) mass is 352 g/mol. The molecule has 0 amide bonds. The zero-order valence-corrected chi connectivity index (χ0v) is 14.7. The molecule has 5 rings (SSSR count). The first-order chi connectivity index (χ1) is 12.4. The molecule has 0 aliphatic heterocycles. The highest BCUT2D eigenvalue weighted by atomic mass is 32.1. The van der Waals surface area contributed by atoms with E-state index in [0.29, 0.717) is 5.92 Å². The molecule has 7 heteroatoms. The Hall–Kier alpha value is -2.41. The summed E-state index contributed by atoms with van der Waals surface area (Å²) in [5.41, 5.74) is 4.21. The Labute approximate surface area is 149 Å². The minimum absolute atomic E-state index is 0.571. The fourth-order valence-corrected chi connectivity index (χ4v) is 4.51. The van der Waals surface area contributed by atoms with Gasteiger partial charge in [-0.15, -0.1) is 11.3 Å². The predicted molar refractivity (Wildman–Crippen MR) is 98.7 cm³/mol. The Kier molecular flexibility index (Phi) is 3.66. The van der Waals surface area contributed by atoms with Crippen LogP contribution in [0.25, 0.3) is 22.6 Å². The Bertz CT molecular complexity index is 971. The van der Waals surface area contributed by atoms with Gasteiger partial charge in [0.2, 0.25) is 0 Å². The molecular weight excluding hydrogens is 332 g/mol. The first-order valence-electron chi connectivity index (χ1n) is 8.86. The van der Waals surface area contributed by atoms with Gasteiger partial charge in [-0.05, 0) is 24.3 Å². The van der Waals surface area contributed by atoms with E-state index in [-0.39, 0.29) is 0 Å². The minimum Gasteiger partial charge on any atom is -0.335 e. The summed E-state index contributed by atoms with van der Waals surface area (Å²) in [7, 11) is 0. The van der Waals surface area contributed by atoms with E-state index < -0.39 is 0 Å². The van der Waals surface area contributed by atoms with Crippen LogP contribution >= 0.6 is 11.3 Å². The van der Waals surface area contributed by atoms with Gasteiger partial charge in [0.15, 0.2) is 5.65 Å². The molecule has 1 fully saturated rings. The molecule has 1 aliphatic carbocycles. The van der Waals surface area contributed by atoms with Crippen LogP contribution in [-0.4, -0.2) is 29.9 Å². The molecule has 6 nitrogen and oxygen atoms in total. The van der Waals surface area contributed by atoms with Gasteiger partial charge in [-0.25, -0.2) is 9.67 Å². The maximum Gasteiger partial charge on any atom is 0.177 e. The number of hydrogen-bond donors (Lipinski definition) is 2. The van der Waals surface area contributed by atoms with Crippen molar-refractivity contribution in [1.82, 2.24) is 29.9 Å². The number of fused-ring (bicyclic) bond motifs is 1. The van der Waals surface area contributed by atoms with Crippen molar-refractivity contribution >= 4 is 22.5 Å². The second-order valence-electron chi connectivity index (χ2n) is 6.74. The van der Waals surface area contributed by atoms with Crippen molar-refractivity contribution in [2.24, 2.45) is 0 Å². The minimum atomic E-state index is 0.571. The maximum atomic E-state index is 4.84. The molecule has 0 saturated heterocycles. The summed E-state index contributed by atoms with van der Waals surface area (Å²) >= 11 is 1.74. The molecule has 1 aliphatic rings. The number of imidazole rings is 1. The fraction of sp³-hybridized carbons (Fsp3) is 0.389. The van der Waals surface area contributed by atoms with Crippen molar-refractivity contribution in [2.75, 3.05) is 0 Å². The number of aromatic nitrogens is 6. The summed E-state index contributed by atoms with van der Waals surface area (Å²) in [4.78, 5) is 9.55. The second kappa shape index (κ2) is 6.15. The molecule has 0 aromatic carbocycles. The van der Waals surface area contributed by atoms with E-state index in [1.54, 1.807) is 11.3 Å². The molecule has 2 N–H and O–H groups in total. The Balaban J connectivity index is 1.50. The molecule has 0 spiro atoms. The molecule has 4 heterocycles. The van der Waals surface area contributed by atoms with E-state index >= 15 is 0 Å². The van der Waals surface area contributed by atoms with Crippen molar-refractivity contribution in [3.05, 3.63) is 40.5 Å². The third kappa shape index (κ3) is 2.68. The number of thiophene rings is 1. The van der Waals surface area contributed by atoms with Gasteiger partial charge in [-0.3, -0.25) is 5.10 Å². The van der Waals surface area contributed by atoms with E-state index in [0.717, 1.165) is 29.1 Å². The third-order valence-corrected chi connectivity index (χ3v) is 5.97. The van der Waals surface area contributed by atoms with Crippen LogP contribution in [0, 0.1) is 0 Å². The number of nitrogens with zero attached hydrogens (tertiary/aromatic N) is 4. The van der Waals surface area contributed by atoms with Gasteiger partial charge in [-0.2, -0.15) is 10.2 Å². The van der Waals surface area contributed by atoms with Crippen LogP contribution in [0.3, 0.4) is 0 Å². The summed E-state index contributed by atoms with van der Waals surface area (Å²) in [5.74, 6) is 1.46. The van der Waals surface area contributed by atoms with Crippen LogP contribution in [0.5, 0.6) is 0 Å². The van der Waals surface area contributed by atoms with Crippen LogP contribution in [0.1, 0.15) is 48.6 Å². The lowest BCUT2D eigenvalue weighted by Crippen LogP contribution is -2.06. The standard InChI is InChI=1S/C18H20N6S/c1-2-5-12(6-3-1)16-14(9-19-23-16)17-21-15-10-20-24(18(15)22-17)11-13-7-4-8-25-13/h4,7-10,12H,1-3,5-6,11H2,(H,19,23)(H,21,22). The van der Waals surface area contributed by atoms with E-state index in [1.165, 1.54) is 42.7 Å². The normalized spacial score (nSPS) is 16.0. The molecule has 1 saturated carbocycles. The summed E-state index contributed by atoms with van der Waals surface area (Å²) in [6.45, 7) is 0.756.